The molecule has 0 aliphatic heterocycles. The SMILES string of the molecule is CCN(CC)CCCNC(=O)Nc1cc(Oc2ccc(NC(=O)NC(C)=O)cc2F)ccn1.c1cc2cc-2c1. The van der Waals surface area contributed by atoms with Gasteiger partial charge < -0.3 is 20.3 Å². The second kappa shape index (κ2) is 14.4. The van der Waals surface area contributed by atoms with Crippen molar-refractivity contribution in [1.82, 2.24) is 20.5 Å². The molecule has 0 fully saturated rings. The fourth-order valence-electron chi connectivity index (χ4n) is 3.53. The minimum atomic E-state index is -0.772. The molecule has 2 aromatic rings. The molecule has 0 spiro atoms. The minimum absolute atomic E-state index is 0.0921. The Morgan fingerprint density at radius 1 is 0.949 bits per heavy atom. The quantitative estimate of drug-likeness (QED) is 0.207. The predicted molar refractivity (Wildman–Crippen MR) is 148 cm³/mol. The Morgan fingerprint density at radius 3 is 2.28 bits per heavy atom. The van der Waals surface area contributed by atoms with Crippen molar-refractivity contribution >= 4 is 29.5 Å². The lowest BCUT2D eigenvalue weighted by Gasteiger charge is -2.17. The molecule has 0 radical (unpaired) electrons. The molecule has 2 aliphatic carbocycles. The molecule has 4 N–H and O–H groups in total. The third kappa shape index (κ3) is 10.0. The summed E-state index contributed by atoms with van der Waals surface area (Å²) in [6.07, 6.45) is 2.25. The second-order valence-corrected chi connectivity index (χ2v) is 8.60. The number of nitrogens with zero attached hydrogens (tertiary/aromatic N) is 2. The summed E-state index contributed by atoms with van der Waals surface area (Å²) in [5, 5.41) is 9.74. The van der Waals surface area contributed by atoms with E-state index in [1.54, 1.807) is 0 Å². The summed E-state index contributed by atoms with van der Waals surface area (Å²) in [4.78, 5) is 40.8. The van der Waals surface area contributed by atoms with Crippen LogP contribution in [-0.4, -0.2) is 54.0 Å². The average Bonchev–Trinajstić information content (AvgIpc) is 3.49. The van der Waals surface area contributed by atoms with Gasteiger partial charge in [0.1, 0.15) is 11.6 Å². The van der Waals surface area contributed by atoms with E-state index < -0.39 is 23.8 Å². The third-order valence-corrected chi connectivity index (χ3v) is 5.62. The van der Waals surface area contributed by atoms with E-state index >= 15 is 0 Å². The molecule has 39 heavy (non-hydrogen) atoms. The van der Waals surface area contributed by atoms with Crippen molar-refractivity contribution in [2.75, 3.05) is 36.8 Å². The van der Waals surface area contributed by atoms with E-state index in [4.69, 9.17) is 4.74 Å². The second-order valence-electron chi connectivity index (χ2n) is 8.60. The number of carbonyl (C=O) groups is 3. The van der Waals surface area contributed by atoms with Gasteiger partial charge in [0.25, 0.3) is 0 Å². The van der Waals surface area contributed by atoms with Crippen molar-refractivity contribution in [3.8, 4) is 22.6 Å². The molecule has 206 valence electrons. The number of anilines is 2. The number of rotatable bonds is 10. The number of aromatic nitrogens is 1. The number of hydrogen-bond acceptors (Lipinski definition) is 6. The Bertz CT molecular complexity index is 1280. The number of ether oxygens (including phenoxy) is 1. The molecule has 0 bridgehead atoms. The van der Waals surface area contributed by atoms with Gasteiger partial charge in [-0.15, -0.1) is 0 Å². The molecular formula is C28H33FN6O4. The Labute approximate surface area is 227 Å². The first-order valence-electron chi connectivity index (χ1n) is 12.7. The standard InChI is InChI=1S/C22H29FN6O4.C6H4/c1-4-29(5-2)12-6-10-25-21(31)28-20-14-17(9-11-24-20)33-19-8-7-16(13-18(19)23)27-22(32)26-15(3)30;1-2-5-4-6(5)3-1/h7-9,11,13-14H,4-6,10,12H2,1-3H3,(H2,24,25,28,31)(H2,26,27,30,32);1-4H. The highest BCUT2D eigenvalue weighted by molar-refractivity contribution is 6.00. The Morgan fingerprint density at radius 2 is 1.69 bits per heavy atom. The first-order valence-corrected chi connectivity index (χ1v) is 12.7. The van der Waals surface area contributed by atoms with E-state index in [0.717, 1.165) is 32.1 Å². The monoisotopic (exact) mass is 536 g/mol. The zero-order valence-electron chi connectivity index (χ0n) is 22.2. The topological polar surface area (TPSA) is 125 Å². The molecule has 1 aromatic heterocycles. The lowest BCUT2D eigenvalue weighted by atomic mass is 10.3. The molecule has 1 aromatic carbocycles. The normalized spacial score (nSPS) is 10.6. The Hall–Kier alpha value is -4.51. The Balaban J connectivity index is 0.000000603. The van der Waals surface area contributed by atoms with Crippen LogP contribution in [0.5, 0.6) is 11.5 Å². The maximum atomic E-state index is 14.4. The first kappa shape index (κ1) is 29.1. The lowest BCUT2D eigenvalue weighted by molar-refractivity contribution is -0.117. The highest BCUT2D eigenvalue weighted by Crippen LogP contribution is 2.32. The van der Waals surface area contributed by atoms with Gasteiger partial charge in [-0.1, -0.05) is 32.0 Å². The number of carbonyl (C=O) groups excluding carboxylic acids is 3. The van der Waals surface area contributed by atoms with Crippen LogP contribution < -0.4 is 26.0 Å². The van der Waals surface area contributed by atoms with E-state index in [2.05, 4.69) is 63.9 Å². The van der Waals surface area contributed by atoms with Crippen molar-refractivity contribution in [2.45, 2.75) is 27.2 Å². The maximum Gasteiger partial charge on any atom is 0.325 e. The van der Waals surface area contributed by atoms with Gasteiger partial charge in [-0.3, -0.25) is 15.4 Å². The number of amides is 5. The molecule has 11 heteroatoms. The molecule has 0 saturated carbocycles. The summed E-state index contributed by atoms with van der Waals surface area (Å²) < 4.78 is 19.9. The van der Waals surface area contributed by atoms with E-state index in [1.165, 1.54) is 48.5 Å². The van der Waals surface area contributed by atoms with Crippen molar-refractivity contribution < 1.29 is 23.5 Å². The van der Waals surface area contributed by atoms with Crippen LogP contribution in [0.25, 0.3) is 11.1 Å². The average molecular weight is 537 g/mol. The van der Waals surface area contributed by atoms with Gasteiger partial charge >= 0.3 is 12.1 Å². The fraction of sp³-hybridized carbons (Fsp3) is 0.286. The van der Waals surface area contributed by atoms with Crippen LogP contribution in [0.3, 0.4) is 0 Å². The molecule has 0 atom stereocenters. The van der Waals surface area contributed by atoms with E-state index in [1.807, 2.05) is 5.32 Å². The molecule has 4 rings (SSSR count). The molecule has 5 amide bonds. The number of fused-ring (bicyclic) bond motifs is 1. The number of urea groups is 2. The summed E-state index contributed by atoms with van der Waals surface area (Å²) in [6, 6.07) is 14.1. The maximum absolute atomic E-state index is 14.4. The molecule has 0 unspecified atom stereocenters. The van der Waals surface area contributed by atoms with Gasteiger partial charge in [-0.05, 0) is 61.4 Å². The van der Waals surface area contributed by atoms with Crippen LogP contribution in [0, 0.1) is 5.82 Å². The highest BCUT2D eigenvalue weighted by atomic mass is 19.1. The van der Waals surface area contributed by atoms with Crippen molar-refractivity contribution in [1.29, 1.82) is 0 Å². The predicted octanol–water partition coefficient (Wildman–Crippen LogP) is 5.20. The number of halogens is 1. The highest BCUT2D eigenvalue weighted by Gasteiger charge is 2.11. The number of pyridine rings is 1. The van der Waals surface area contributed by atoms with Crippen LogP contribution in [0.15, 0.2) is 60.8 Å². The van der Waals surface area contributed by atoms with E-state index in [9.17, 15) is 18.8 Å². The van der Waals surface area contributed by atoms with Crippen molar-refractivity contribution in [3.05, 3.63) is 66.6 Å². The van der Waals surface area contributed by atoms with E-state index in [0.29, 0.717) is 6.54 Å². The third-order valence-electron chi connectivity index (χ3n) is 5.62. The number of nitrogens with one attached hydrogen (secondary N) is 4. The van der Waals surface area contributed by atoms with Gasteiger partial charge in [0.15, 0.2) is 11.6 Å². The zero-order valence-corrected chi connectivity index (χ0v) is 22.2. The largest absolute Gasteiger partial charge is 0.454 e. The summed E-state index contributed by atoms with van der Waals surface area (Å²) >= 11 is 0. The molecule has 10 nitrogen and oxygen atoms in total. The van der Waals surface area contributed by atoms with Crippen LogP contribution in [-0.2, 0) is 4.79 Å². The fourth-order valence-corrected chi connectivity index (χ4v) is 3.53. The summed E-state index contributed by atoms with van der Waals surface area (Å²) in [5.74, 6) is -0.856. The summed E-state index contributed by atoms with van der Waals surface area (Å²) in [7, 11) is 0. The van der Waals surface area contributed by atoms with Gasteiger partial charge in [-0.25, -0.2) is 19.0 Å². The first-order chi connectivity index (χ1) is 18.8. The van der Waals surface area contributed by atoms with Crippen LogP contribution >= 0.6 is 0 Å². The number of benzene rings is 2. The number of imide groups is 1. The van der Waals surface area contributed by atoms with Gasteiger partial charge in [-0.2, -0.15) is 0 Å². The molecule has 1 heterocycles. The summed E-state index contributed by atoms with van der Waals surface area (Å²) in [5.41, 5.74) is 3.00. The van der Waals surface area contributed by atoms with Gasteiger partial charge in [0.2, 0.25) is 5.91 Å². The molecule has 0 saturated heterocycles. The van der Waals surface area contributed by atoms with Crippen LogP contribution in [0.2, 0.25) is 0 Å². The van der Waals surface area contributed by atoms with Gasteiger partial charge in [0, 0.05) is 37.5 Å². The lowest BCUT2D eigenvalue weighted by Crippen LogP contribution is -2.32. The van der Waals surface area contributed by atoms with E-state index in [-0.39, 0.29) is 23.0 Å². The zero-order chi connectivity index (χ0) is 28.2. The van der Waals surface area contributed by atoms with Crippen molar-refractivity contribution in [2.24, 2.45) is 0 Å². The minimum Gasteiger partial charge on any atom is -0.454 e. The van der Waals surface area contributed by atoms with Crippen LogP contribution in [0.4, 0.5) is 25.5 Å². The molecular weight excluding hydrogens is 503 g/mol. The molecule has 2 aliphatic rings. The summed E-state index contributed by atoms with van der Waals surface area (Å²) in [6.45, 7) is 8.73. The van der Waals surface area contributed by atoms with Crippen LogP contribution in [0.1, 0.15) is 27.2 Å². The smallest absolute Gasteiger partial charge is 0.325 e. The van der Waals surface area contributed by atoms with Gasteiger partial charge in [0.05, 0.1) is 0 Å². The Kier molecular flexibility index (Phi) is 10.8. The number of hydrogen-bond donors (Lipinski definition) is 4. The van der Waals surface area contributed by atoms with Crippen molar-refractivity contribution in [3.63, 3.8) is 0 Å².